The van der Waals surface area contributed by atoms with Crippen LogP contribution < -0.4 is 4.72 Å². The van der Waals surface area contributed by atoms with Gasteiger partial charge in [0.05, 0.1) is 4.90 Å². The molecule has 0 saturated heterocycles. The number of benzene rings is 1. The van der Waals surface area contributed by atoms with Crippen LogP contribution in [0.15, 0.2) is 17.0 Å². The number of carboxylic acids is 1. The minimum atomic E-state index is -3.79. The third-order valence-electron chi connectivity index (χ3n) is 3.48. The van der Waals surface area contributed by atoms with Crippen LogP contribution in [0.5, 0.6) is 5.75 Å². The lowest BCUT2D eigenvalue weighted by molar-refractivity contribution is 0.0693. The Morgan fingerprint density at radius 3 is 2.50 bits per heavy atom. The molecular formula is C13H17NO5S. The van der Waals surface area contributed by atoms with E-state index in [9.17, 15) is 18.3 Å². The van der Waals surface area contributed by atoms with Crippen LogP contribution in [0.2, 0.25) is 0 Å². The molecule has 1 unspecified atom stereocenters. The third kappa shape index (κ3) is 2.94. The number of aromatic hydroxyl groups is 1. The van der Waals surface area contributed by atoms with Crippen molar-refractivity contribution < 1.29 is 23.4 Å². The molecule has 0 bridgehead atoms. The minimum Gasteiger partial charge on any atom is -0.507 e. The van der Waals surface area contributed by atoms with Crippen molar-refractivity contribution >= 4 is 16.0 Å². The Morgan fingerprint density at radius 2 is 2.00 bits per heavy atom. The number of nitrogens with one attached hydrogen (secondary N) is 1. The lowest BCUT2D eigenvalue weighted by Crippen LogP contribution is -2.34. The van der Waals surface area contributed by atoms with E-state index < -0.39 is 27.3 Å². The number of hydrogen-bond acceptors (Lipinski definition) is 4. The van der Waals surface area contributed by atoms with Crippen molar-refractivity contribution in [1.82, 2.24) is 4.72 Å². The summed E-state index contributed by atoms with van der Waals surface area (Å²) < 4.78 is 27.2. The van der Waals surface area contributed by atoms with Crippen LogP contribution in [0.25, 0.3) is 0 Å². The van der Waals surface area contributed by atoms with Gasteiger partial charge in [-0.05, 0) is 50.3 Å². The van der Waals surface area contributed by atoms with Crippen molar-refractivity contribution in [3.8, 4) is 5.75 Å². The molecule has 1 aromatic rings. The molecule has 1 aliphatic rings. The molecule has 1 aromatic carbocycles. The summed E-state index contributed by atoms with van der Waals surface area (Å²) in [6, 6.07) is 1.97. The normalized spacial score (nSPS) is 16.9. The minimum absolute atomic E-state index is 0.111. The first-order chi connectivity index (χ1) is 9.22. The van der Waals surface area contributed by atoms with E-state index in [2.05, 4.69) is 4.72 Å². The maximum atomic E-state index is 12.3. The van der Waals surface area contributed by atoms with Crippen molar-refractivity contribution in [3.05, 3.63) is 23.3 Å². The molecule has 7 heteroatoms. The Bertz CT molecular complexity index is 649. The third-order valence-corrected chi connectivity index (χ3v) is 5.18. The zero-order valence-corrected chi connectivity index (χ0v) is 12.1. The fraction of sp³-hybridized carbons (Fsp3) is 0.462. The van der Waals surface area contributed by atoms with Gasteiger partial charge >= 0.3 is 5.97 Å². The topological polar surface area (TPSA) is 104 Å². The summed E-state index contributed by atoms with van der Waals surface area (Å²) in [6.07, 6.45) is 2.00. The number of hydrogen-bond donors (Lipinski definition) is 3. The van der Waals surface area contributed by atoms with Crippen LogP contribution in [-0.2, 0) is 10.0 Å². The first-order valence-electron chi connectivity index (χ1n) is 6.31. The predicted molar refractivity (Wildman–Crippen MR) is 72.3 cm³/mol. The lowest BCUT2D eigenvalue weighted by atomic mass is 10.1. The van der Waals surface area contributed by atoms with Gasteiger partial charge in [0.2, 0.25) is 10.0 Å². The molecule has 0 aromatic heterocycles. The van der Waals surface area contributed by atoms with Gasteiger partial charge in [0, 0.05) is 6.04 Å². The SMILES string of the molecule is Cc1cc(O)c(C(=O)O)cc1S(=O)(=O)NC(C)C1CC1. The Hall–Kier alpha value is -1.60. The number of aromatic carboxylic acids is 1. The maximum absolute atomic E-state index is 12.3. The van der Waals surface area contributed by atoms with Crippen LogP contribution in [0.4, 0.5) is 0 Å². The Balaban J connectivity index is 2.39. The van der Waals surface area contributed by atoms with E-state index in [-0.39, 0.29) is 10.9 Å². The fourth-order valence-corrected chi connectivity index (χ4v) is 3.70. The molecule has 110 valence electrons. The van der Waals surface area contributed by atoms with Gasteiger partial charge in [0.1, 0.15) is 11.3 Å². The number of phenols is 1. The summed E-state index contributed by atoms with van der Waals surface area (Å²) >= 11 is 0. The van der Waals surface area contributed by atoms with Crippen LogP contribution in [0.1, 0.15) is 35.7 Å². The lowest BCUT2D eigenvalue weighted by Gasteiger charge is -2.15. The van der Waals surface area contributed by atoms with Gasteiger partial charge in [0.15, 0.2) is 0 Å². The second-order valence-electron chi connectivity index (χ2n) is 5.19. The molecule has 1 atom stereocenters. The molecule has 6 nitrogen and oxygen atoms in total. The summed E-state index contributed by atoms with van der Waals surface area (Å²) in [5.74, 6) is -1.46. The van der Waals surface area contributed by atoms with Gasteiger partial charge in [-0.15, -0.1) is 0 Å². The second-order valence-corrected chi connectivity index (χ2v) is 6.87. The van der Waals surface area contributed by atoms with Crippen molar-refractivity contribution in [2.75, 3.05) is 0 Å². The molecule has 1 saturated carbocycles. The van der Waals surface area contributed by atoms with E-state index in [4.69, 9.17) is 5.11 Å². The summed E-state index contributed by atoms with van der Waals surface area (Å²) in [4.78, 5) is 10.9. The summed E-state index contributed by atoms with van der Waals surface area (Å²) in [7, 11) is -3.79. The van der Waals surface area contributed by atoms with E-state index in [1.54, 1.807) is 6.92 Å². The van der Waals surface area contributed by atoms with Gasteiger partial charge in [-0.2, -0.15) is 0 Å². The van der Waals surface area contributed by atoms with Crippen LogP contribution >= 0.6 is 0 Å². The highest BCUT2D eigenvalue weighted by molar-refractivity contribution is 7.89. The van der Waals surface area contributed by atoms with E-state index in [0.29, 0.717) is 11.5 Å². The van der Waals surface area contributed by atoms with Gasteiger partial charge < -0.3 is 10.2 Å². The van der Waals surface area contributed by atoms with E-state index >= 15 is 0 Å². The number of carbonyl (C=O) groups is 1. The van der Waals surface area contributed by atoms with E-state index in [1.807, 2.05) is 0 Å². The number of aryl methyl sites for hydroxylation is 1. The van der Waals surface area contributed by atoms with Crippen LogP contribution in [-0.4, -0.2) is 30.6 Å². The van der Waals surface area contributed by atoms with Gasteiger partial charge in [-0.3, -0.25) is 0 Å². The largest absolute Gasteiger partial charge is 0.507 e. The zero-order valence-electron chi connectivity index (χ0n) is 11.3. The van der Waals surface area contributed by atoms with Gasteiger partial charge in [-0.1, -0.05) is 0 Å². The Kier molecular flexibility index (Phi) is 3.75. The monoisotopic (exact) mass is 299 g/mol. The number of carboxylic acid groups (broad SMARTS) is 1. The molecule has 20 heavy (non-hydrogen) atoms. The number of rotatable bonds is 5. The molecule has 1 fully saturated rings. The average Bonchev–Trinajstić information content (AvgIpc) is 3.10. The zero-order chi connectivity index (χ0) is 15.1. The molecule has 0 aliphatic heterocycles. The molecule has 3 N–H and O–H groups in total. The summed E-state index contributed by atoms with van der Waals surface area (Å²) in [5.41, 5.74) is -0.113. The van der Waals surface area contributed by atoms with Crippen LogP contribution in [0, 0.1) is 12.8 Å². The van der Waals surface area contributed by atoms with Gasteiger partial charge in [-0.25, -0.2) is 17.9 Å². The van der Waals surface area contributed by atoms with Gasteiger partial charge in [0.25, 0.3) is 0 Å². The highest BCUT2D eigenvalue weighted by atomic mass is 32.2. The van der Waals surface area contributed by atoms with E-state index in [1.165, 1.54) is 6.92 Å². The molecular weight excluding hydrogens is 282 g/mol. The molecule has 2 rings (SSSR count). The second kappa shape index (κ2) is 5.06. The highest BCUT2D eigenvalue weighted by Gasteiger charge is 2.32. The molecule has 0 radical (unpaired) electrons. The first-order valence-corrected chi connectivity index (χ1v) is 7.80. The molecule has 0 spiro atoms. The fourth-order valence-electron chi connectivity index (χ4n) is 2.13. The van der Waals surface area contributed by atoms with Crippen molar-refractivity contribution in [2.24, 2.45) is 5.92 Å². The predicted octanol–water partition coefficient (Wildman–Crippen LogP) is 1.48. The Labute approximate surface area is 117 Å². The number of sulfonamides is 1. The molecule has 0 heterocycles. The standard InChI is InChI=1S/C13H17NO5S/c1-7-5-11(15)10(13(16)17)6-12(7)20(18,19)14-8(2)9-3-4-9/h5-6,8-9,14-15H,3-4H2,1-2H3,(H,16,17). The maximum Gasteiger partial charge on any atom is 0.339 e. The molecule has 0 amide bonds. The van der Waals surface area contributed by atoms with E-state index in [0.717, 1.165) is 25.0 Å². The smallest absolute Gasteiger partial charge is 0.339 e. The van der Waals surface area contributed by atoms with Crippen LogP contribution in [0.3, 0.4) is 0 Å². The Morgan fingerprint density at radius 1 is 1.40 bits per heavy atom. The van der Waals surface area contributed by atoms with Crippen molar-refractivity contribution in [3.63, 3.8) is 0 Å². The quantitative estimate of drug-likeness (QED) is 0.764. The first kappa shape index (κ1) is 14.8. The average molecular weight is 299 g/mol. The molecule has 1 aliphatic carbocycles. The van der Waals surface area contributed by atoms with Crippen molar-refractivity contribution in [1.29, 1.82) is 0 Å². The highest BCUT2D eigenvalue weighted by Crippen LogP contribution is 2.33. The summed E-state index contributed by atoms with van der Waals surface area (Å²) in [6.45, 7) is 3.31. The van der Waals surface area contributed by atoms with Crippen molar-refractivity contribution in [2.45, 2.75) is 37.6 Å². The summed E-state index contributed by atoms with van der Waals surface area (Å²) in [5, 5.41) is 18.5.